The third kappa shape index (κ3) is 6.81. The van der Waals surface area contributed by atoms with Crippen LogP contribution in [0, 0.1) is 6.92 Å². The summed E-state index contributed by atoms with van der Waals surface area (Å²) in [7, 11) is -0.429. The lowest BCUT2D eigenvalue weighted by Crippen LogP contribution is -2.33. The summed E-state index contributed by atoms with van der Waals surface area (Å²) >= 11 is 0. The normalized spacial score (nSPS) is 11.3. The van der Waals surface area contributed by atoms with Crippen molar-refractivity contribution in [3.05, 3.63) is 84.4 Å². The molecule has 0 radical (unpaired) electrons. The topological polar surface area (TPSA) is 79.0 Å². The molecule has 3 rings (SSSR count). The van der Waals surface area contributed by atoms with Crippen LogP contribution in [0.3, 0.4) is 0 Å². The maximum Gasteiger partial charge on any atom is 0.264 e. The van der Waals surface area contributed by atoms with Gasteiger partial charge in [0.1, 0.15) is 12.4 Å². The molecule has 0 spiro atoms. The molecule has 0 aliphatic heterocycles. The van der Waals surface area contributed by atoms with Gasteiger partial charge in [0, 0.05) is 19.3 Å². The summed E-state index contributed by atoms with van der Waals surface area (Å²) in [6.07, 6.45) is 0. The second-order valence-electron chi connectivity index (χ2n) is 7.78. The number of aryl methyl sites for hydroxylation is 1. The van der Waals surface area contributed by atoms with Crippen LogP contribution in [0.4, 0.5) is 11.4 Å². The van der Waals surface area contributed by atoms with Crippen molar-refractivity contribution in [2.45, 2.75) is 11.8 Å². The summed E-state index contributed by atoms with van der Waals surface area (Å²) in [4.78, 5) is 14.4. The number of para-hydroxylation sites is 1. The van der Waals surface area contributed by atoms with Crippen LogP contribution in [0.1, 0.15) is 5.56 Å². The van der Waals surface area contributed by atoms with E-state index in [9.17, 15) is 13.2 Å². The number of sulfonamides is 1. The molecule has 0 atom stereocenters. The molecule has 1 amide bonds. The van der Waals surface area contributed by atoms with Crippen molar-refractivity contribution < 1.29 is 17.9 Å². The molecule has 0 aliphatic rings. The molecule has 1 N–H and O–H groups in total. The quantitative estimate of drug-likeness (QED) is 0.491. The van der Waals surface area contributed by atoms with Crippen LogP contribution in [0.2, 0.25) is 0 Å². The molecule has 0 heterocycles. The molecule has 0 saturated carbocycles. The van der Waals surface area contributed by atoms with E-state index in [4.69, 9.17) is 4.74 Å². The molecule has 7 nitrogen and oxygen atoms in total. The largest absolute Gasteiger partial charge is 0.492 e. The van der Waals surface area contributed by atoms with Crippen molar-refractivity contribution in [3.8, 4) is 5.75 Å². The first kappa shape index (κ1) is 24.3. The summed E-state index contributed by atoms with van der Waals surface area (Å²) in [5.41, 5.74) is 2.15. The zero-order valence-corrected chi connectivity index (χ0v) is 19.9. The van der Waals surface area contributed by atoms with Gasteiger partial charge in [0.15, 0.2) is 0 Å². The van der Waals surface area contributed by atoms with Crippen molar-refractivity contribution in [3.63, 3.8) is 0 Å². The van der Waals surface area contributed by atoms with Gasteiger partial charge in [0.2, 0.25) is 5.91 Å². The Morgan fingerprint density at radius 1 is 0.939 bits per heavy atom. The number of ether oxygens (including phenoxy) is 1. The van der Waals surface area contributed by atoms with Crippen LogP contribution < -0.4 is 14.4 Å². The highest BCUT2D eigenvalue weighted by Crippen LogP contribution is 2.23. The van der Waals surface area contributed by atoms with E-state index < -0.39 is 10.0 Å². The SMILES string of the molecule is Cc1ccc(OCCN(C)CC(=O)Nc2cccc(S(=O)(=O)N(C)c3ccccc3)c2)cc1. The van der Waals surface area contributed by atoms with Gasteiger partial charge in [-0.1, -0.05) is 42.0 Å². The number of hydrogen-bond acceptors (Lipinski definition) is 5. The van der Waals surface area contributed by atoms with Crippen molar-refractivity contribution >= 4 is 27.3 Å². The van der Waals surface area contributed by atoms with E-state index in [0.29, 0.717) is 24.5 Å². The van der Waals surface area contributed by atoms with Gasteiger partial charge in [-0.05, 0) is 56.4 Å². The molecule has 0 unspecified atom stereocenters. The van der Waals surface area contributed by atoms with E-state index >= 15 is 0 Å². The lowest BCUT2D eigenvalue weighted by atomic mass is 10.2. The number of carbonyl (C=O) groups excluding carboxylic acids is 1. The molecular formula is C25H29N3O4S. The number of benzene rings is 3. The van der Waals surface area contributed by atoms with Crippen LogP contribution >= 0.6 is 0 Å². The highest BCUT2D eigenvalue weighted by molar-refractivity contribution is 7.92. The number of amides is 1. The molecule has 3 aromatic carbocycles. The van der Waals surface area contributed by atoms with Gasteiger partial charge in [-0.3, -0.25) is 14.0 Å². The molecular weight excluding hydrogens is 438 g/mol. The molecule has 0 fully saturated rings. The average Bonchev–Trinajstić information content (AvgIpc) is 2.80. The van der Waals surface area contributed by atoms with Gasteiger partial charge >= 0.3 is 0 Å². The number of carbonyl (C=O) groups is 1. The van der Waals surface area contributed by atoms with Crippen LogP contribution in [0.25, 0.3) is 0 Å². The fourth-order valence-electron chi connectivity index (χ4n) is 3.15. The number of likely N-dealkylation sites (N-methyl/N-ethyl adjacent to an activating group) is 1. The van der Waals surface area contributed by atoms with Crippen molar-refractivity contribution in [2.24, 2.45) is 0 Å². The predicted octanol–water partition coefficient (Wildman–Crippen LogP) is 3.77. The Hall–Kier alpha value is -3.36. The fraction of sp³-hybridized carbons (Fsp3) is 0.240. The van der Waals surface area contributed by atoms with Crippen molar-refractivity contribution in [1.29, 1.82) is 0 Å². The van der Waals surface area contributed by atoms with E-state index in [-0.39, 0.29) is 17.3 Å². The standard InChI is InChI=1S/C25H29N3O4S/c1-20-12-14-23(15-13-20)32-17-16-27(2)19-25(29)26-21-8-7-11-24(18-21)33(30,31)28(3)22-9-5-4-6-10-22/h4-15,18H,16-17,19H2,1-3H3,(H,26,29). The highest BCUT2D eigenvalue weighted by atomic mass is 32.2. The van der Waals surface area contributed by atoms with Gasteiger partial charge in [-0.25, -0.2) is 8.42 Å². The zero-order valence-electron chi connectivity index (χ0n) is 19.1. The first-order chi connectivity index (χ1) is 15.8. The van der Waals surface area contributed by atoms with Crippen LogP contribution in [-0.4, -0.2) is 53.0 Å². The second-order valence-corrected chi connectivity index (χ2v) is 9.75. The third-order valence-electron chi connectivity index (χ3n) is 5.07. The van der Waals surface area contributed by atoms with E-state index in [2.05, 4.69) is 5.32 Å². The lowest BCUT2D eigenvalue weighted by Gasteiger charge is -2.20. The minimum atomic E-state index is -3.76. The first-order valence-electron chi connectivity index (χ1n) is 10.6. The van der Waals surface area contributed by atoms with E-state index in [1.54, 1.807) is 36.4 Å². The van der Waals surface area contributed by atoms with Gasteiger partial charge in [-0.15, -0.1) is 0 Å². The summed E-state index contributed by atoms with van der Waals surface area (Å²) in [6.45, 7) is 3.19. The number of anilines is 2. The Bertz CT molecular complexity index is 1170. The predicted molar refractivity (Wildman–Crippen MR) is 131 cm³/mol. The monoisotopic (exact) mass is 467 g/mol. The minimum absolute atomic E-state index is 0.103. The summed E-state index contributed by atoms with van der Waals surface area (Å²) in [5.74, 6) is 0.552. The Morgan fingerprint density at radius 3 is 2.33 bits per heavy atom. The molecule has 0 saturated heterocycles. The molecule has 3 aromatic rings. The molecule has 0 aliphatic carbocycles. The Balaban J connectivity index is 1.54. The first-order valence-corrected chi connectivity index (χ1v) is 12.0. The van der Waals surface area contributed by atoms with Crippen LogP contribution in [0.15, 0.2) is 83.8 Å². The number of nitrogens with zero attached hydrogens (tertiary/aromatic N) is 2. The van der Waals surface area contributed by atoms with E-state index in [1.165, 1.54) is 29.0 Å². The molecule has 8 heteroatoms. The van der Waals surface area contributed by atoms with Gasteiger partial charge in [-0.2, -0.15) is 0 Å². The van der Waals surface area contributed by atoms with E-state index in [1.807, 2.05) is 49.2 Å². The van der Waals surface area contributed by atoms with Gasteiger partial charge < -0.3 is 10.1 Å². The Labute approximate surface area is 195 Å². The summed E-state index contributed by atoms with van der Waals surface area (Å²) < 4.78 is 32.9. The average molecular weight is 468 g/mol. The van der Waals surface area contributed by atoms with E-state index in [0.717, 1.165) is 5.75 Å². The maximum absolute atomic E-state index is 13.0. The molecule has 174 valence electrons. The minimum Gasteiger partial charge on any atom is -0.492 e. The number of rotatable bonds is 10. The molecule has 0 aromatic heterocycles. The molecule has 0 bridgehead atoms. The zero-order chi connectivity index (χ0) is 23.8. The Kier molecular flexibility index (Phi) is 8.08. The van der Waals surface area contributed by atoms with Crippen LogP contribution in [-0.2, 0) is 14.8 Å². The fourth-order valence-corrected chi connectivity index (χ4v) is 4.39. The van der Waals surface area contributed by atoms with Crippen molar-refractivity contribution in [2.75, 3.05) is 43.4 Å². The third-order valence-corrected chi connectivity index (χ3v) is 6.85. The summed E-state index contributed by atoms with van der Waals surface area (Å²) in [5, 5.41) is 2.77. The van der Waals surface area contributed by atoms with Crippen LogP contribution in [0.5, 0.6) is 5.75 Å². The smallest absolute Gasteiger partial charge is 0.264 e. The highest BCUT2D eigenvalue weighted by Gasteiger charge is 2.21. The number of hydrogen-bond donors (Lipinski definition) is 1. The Morgan fingerprint density at radius 2 is 1.64 bits per heavy atom. The molecule has 33 heavy (non-hydrogen) atoms. The second kappa shape index (κ2) is 11.0. The lowest BCUT2D eigenvalue weighted by molar-refractivity contribution is -0.117. The number of nitrogens with one attached hydrogen (secondary N) is 1. The van der Waals surface area contributed by atoms with Gasteiger partial charge in [0.25, 0.3) is 10.0 Å². The van der Waals surface area contributed by atoms with Gasteiger partial charge in [0.05, 0.1) is 17.1 Å². The summed E-state index contributed by atoms with van der Waals surface area (Å²) in [6, 6.07) is 22.9. The van der Waals surface area contributed by atoms with Crippen molar-refractivity contribution in [1.82, 2.24) is 4.90 Å². The maximum atomic E-state index is 13.0.